The number of hydrogen-bond acceptors (Lipinski definition) is 4. The maximum Gasteiger partial charge on any atom is 0.176 e. The van der Waals surface area contributed by atoms with Crippen LogP contribution in [0.25, 0.3) is 22.2 Å². The number of nitrogens with zero attached hydrogens (tertiary/aromatic N) is 1. The third-order valence-corrected chi connectivity index (χ3v) is 3.60. The van der Waals surface area contributed by atoms with Crippen LogP contribution in [0.15, 0.2) is 33.4 Å². The molecule has 3 rings (SSSR count). The first-order chi connectivity index (χ1) is 8.70. The summed E-state index contributed by atoms with van der Waals surface area (Å²) in [6.07, 6.45) is 1.63. The Hall–Kier alpha value is -1.95. The minimum atomic E-state index is 0.447. The Bertz CT molecular complexity index is 717. The van der Waals surface area contributed by atoms with Crippen LogP contribution >= 0.6 is 15.9 Å². The van der Waals surface area contributed by atoms with E-state index in [2.05, 4.69) is 26.1 Å². The molecule has 3 N–H and O–H groups in total. The predicted octanol–water partition coefficient (Wildman–Crippen LogP) is 3.18. The van der Waals surface area contributed by atoms with E-state index in [0.29, 0.717) is 17.2 Å². The average molecular weight is 308 g/mol. The van der Waals surface area contributed by atoms with Crippen molar-refractivity contribution in [2.24, 2.45) is 0 Å². The van der Waals surface area contributed by atoms with Gasteiger partial charge in [-0.05, 0) is 28.1 Å². The van der Waals surface area contributed by atoms with Crippen LogP contribution in [0.1, 0.15) is 0 Å². The molecule has 0 saturated heterocycles. The first-order valence-corrected chi connectivity index (χ1v) is 6.05. The second-order valence-corrected chi connectivity index (χ2v) is 4.60. The molecule has 0 spiro atoms. The molecular weight excluding hydrogens is 298 g/mol. The van der Waals surface area contributed by atoms with E-state index >= 15 is 0 Å². The zero-order valence-electron chi connectivity index (χ0n) is 9.53. The molecule has 2 heterocycles. The Morgan fingerprint density at radius 1 is 1.44 bits per heavy atom. The van der Waals surface area contributed by atoms with Crippen LogP contribution in [-0.4, -0.2) is 17.3 Å². The Labute approximate surface area is 111 Å². The van der Waals surface area contributed by atoms with Gasteiger partial charge in [-0.2, -0.15) is 5.10 Å². The van der Waals surface area contributed by atoms with Gasteiger partial charge in [-0.3, -0.25) is 5.10 Å². The van der Waals surface area contributed by atoms with Crippen LogP contribution in [0, 0.1) is 0 Å². The number of ether oxygens (including phenoxy) is 1. The fraction of sp³-hybridized carbons (Fsp3) is 0.0833. The number of aromatic amines is 1. The van der Waals surface area contributed by atoms with Gasteiger partial charge in [-0.1, -0.05) is 0 Å². The number of hydrogen-bond donors (Lipinski definition) is 2. The molecule has 0 bridgehead atoms. The molecule has 0 aliphatic rings. The summed E-state index contributed by atoms with van der Waals surface area (Å²) in [7, 11) is 1.61. The predicted molar refractivity (Wildman–Crippen MR) is 72.5 cm³/mol. The number of H-pyrrole nitrogens is 1. The van der Waals surface area contributed by atoms with Crippen LogP contribution in [0.3, 0.4) is 0 Å². The van der Waals surface area contributed by atoms with E-state index in [9.17, 15) is 0 Å². The molecule has 1 aromatic carbocycles. The molecular formula is C12H10BrN3O2. The molecule has 18 heavy (non-hydrogen) atoms. The lowest BCUT2D eigenvalue weighted by molar-refractivity contribution is 0.410. The Kier molecular flexibility index (Phi) is 2.52. The Morgan fingerprint density at radius 3 is 2.94 bits per heavy atom. The average Bonchev–Trinajstić information content (AvgIpc) is 2.99. The number of nitrogens with one attached hydrogen (secondary N) is 1. The van der Waals surface area contributed by atoms with Crippen molar-refractivity contribution in [1.29, 1.82) is 0 Å². The van der Waals surface area contributed by atoms with Crippen molar-refractivity contribution in [3.63, 3.8) is 0 Å². The molecule has 0 saturated carbocycles. The number of nitrogen functional groups attached to an aromatic ring is 1. The minimum Gasteiger partial charge on any atom is -0.493 e. The molecule has 0 unspecified atom stereocenters. The fourth-order valence-corrected chi connectivity index (χ4v) is 2.54. The number of rotatable bonds is 2. The standard InChI is InChI=1S/C12H10BrN3O2/c1-17-9-4-7(8-5-10(14)16-15-8)11(13)6-2-3-18-12(6)9/h2-5H,1H3,(H3,14,15,16). The molecule has 2 aromatic heterocycles. The van der Waals surface area contributed by atoms with E-state index in [1.54, 1.807) is 19.4 Å². The first kappa shape index (κ1) is 11.2. The van der Waals surface area contributed by atoms with Crippen molar-refractivity contribution >= 4 is 32.7 Å². The zero-order valence-corrected chi connectivity index (χ0v) is 11.1. The van der Waals surface area contributed by atoms with Crippen molar-refractivity contribution in [3.8, 4) is 17.0 Å². The van der Waals surface area contributed by atoms with Crippen LogP contribution in [0.4, 0.5) is 5.82 Å². The smallest absolute Gasteiger partial charge is 0.176 e. The number of fused-ring (bicyclic) bond motifs is 1. The van der Waals surface area contributed by atoms with Gasteiger partial charge < -0.3 is 14.9 Å². The van der Waals surface area contributed by atoms with E-state index in [-0.39, 0.29) is 0 Å². The highest BCUT2D eigenvalue weighted by molar-refractivity contribution is 9.10. The number of anilines is 1. The third-order valence-electron chi connectivity index (χ3n) is 2.75. The van der Waals surface area contributed by atoms with Crippen LogP contribution in [-0.2, 0) is 0 Å². The molecule has 0 atom stereocenters. The highest BCUT2D eigenvalue weighted by atomic mass is 79.9. The van der Waals surface area contributed by atoms with Crippen molar-refractivity contribution in [1.82, 2.24) is 10.2 Å². The second-order valence-electron chi connectivity index (χ2n) is 3.81. The van der Waals surface area contributed by atoms with E-state index in [1.807, 2.05) is 12.1 Å². The molecule has 6 heteroatoms. The highest BCUT2D eigenvalue weighted by Crippen LogP contribution is 2.40. The largest absolute Gasteiger partial charge is 0.493 e. The van der Waals surface area contributed by atoms with Gasteiger partial charge in [0.2, 0.25) is 0 Å². The molecule has 0 aliphatic carbocycles. The molecule has 0 aliphatic heterocycles. The van der Waals surface area contributed by atoms with Gasteiger partial charge in [0.15, 0.2) is 11.3 Å². The summed E-state index contributed by atoms with van der Waals surface area (Å²) < 4.78 is 11.7. The number of aromatic nitrogens is 2. The number of halogens is 1. The molecule has 3 aromatic rings. The monoisotopic (exact) mass is 307 g/mol. The number of furan rings is 1. The first-order valence-electron chi connectivity index (χ1n) is 5.25. The topological polar surface area (TPSA) is 77.1 Å². The van der Waals surface area contributed by atoms with Gasteiger partial charge >= 0.3 is 0 Å². The molecule has 5 nitrogen and oxygen atoms in total. The lowest BCUT2D eigenvalue weighted by Crippen LogP contribution is -1.87. The maximum atomic E-state index is 5.62. The summed E-state index contributed by atoms with van der Waals surface area (Å²) in [4.78, 5) is 0. The van der Waals surface area contributed by atoms with Gasteiger partial charge in [0.25, 0.3) is 0 Å². The zero-order chi connectivity index (χ0) is 12.7. The van der Waals surface area contributed by atoms with Gasteiger partial charge in [-0.15, -0.1) is 0 Å². The van der Waals surface area contributed by atoms with Gasteiger partial charge in [-0.25, -0.2) is 0 Å². The lowest BCUT2D eigenvalue weighted by Gasteiger charge is -2.07. The summed E-state index contributed by atoms with van der Waals surface area (Å²) in [5, 5.41) is 7.75. The lowest BCUT2D eigenvalue weighted by atomic mass is 10.1. The molecule has 92 valence electrons. The van der Waals surface area contributed by atoms with E-state index < -0.39 is 0 Å². The molecule has 0 amide bonds. The van der Waals surface area contributed by atoms with E-state index in [0.717, 1.165) is 21.1 Å². The molecule has 0 fully saturated rings. The van der Waals surface area contributed by atoms with Crippen molar-refractivity contribution in [3.05, 3.63) is 28.9 Å². The number of methoxy groups -OCH3 is 1. The summed E-state index contributed by atoms with van der Waals surface area (Å²) in [5.41, 5.74) is 8.07. The van der Waals surface area contributed by atoms with Crippen LogP contribution in [0.5, 0.6) is 5.75 Å². The summed E-state index contributed by atoms with van der Waals surface area (Å²) in [5.74, 6) is 1.12. The second kappa shape index (κ2) is 4.06. The Balaban J connectivity index is 2.32. The summed E-state index contributed by atoms with van der Waals surface area (Å²) in [6, 6.07) is 5.53. The summed E-state index contributed by atoms with van der Waals surface area (Å²) >= 11 is 3.57. The Morgan fingerprint density at radius 2 is 2.28 bits per heavy atom. The van der Waals surface area contributed by atoms with E-state index in [4.69, 9.17) is 14.9 Å². The molecule has 0 radical (unpaired) electrons. The van der Waals surface area contributed by atoms with Crippen molar-refractivity contribution < 1.29 is 9.15 Å². The highest BCUT2D eigenvalue weighted by Gasteiger charge is 2.15. The van der Waals surface area contributed by atoms with Crippen LogP contribution < -0.4 is 10.5 Å². The third kappa shape index (κ3) is 1.57. The summed E-state index contributed by atoms with van der Waals surface area (Å²) in [6.45, 7) is 0. The SMILES string of the molecule is COc1cc(-c2cc(N)n[nH]2)c(Br)c2ccoc12. The minimum absolute atomic E-state index is 0.447. The number of nitrogens with two attached hydrogens (primary N) is 1. The van der Waals surface area contributed by atoms with Crippen LogP contribution in [0.2, 0.25) is 0 Å². The maximum absolute atomic E-state index is 5.62. The normalized spacial score (nSPS) is 11.0. The van der Waals surface area contributed by atoms with E-state index in [1.165, 1.54) is 0 Å². The van der Waals surface area contributed by atoms with Crippen molar-refractivity contribution in [2.45, 2.75) is 0 Å². The quantitative estimate of drug-likeness (QED) is 0.762. The van der Waals surface area contributed by atoms with Gasteiger partial charge in [0, 0.05) is 21.5 Å². The number of benzene rings is 1. The van der Waals surface area contributed by atoms with Gasteiger partial charge in [0.05, 0.1) is 19.1 Å². The fourth-order valence-electron chi connectivity index (χ4n) is 1.90. The van der Waals surface area contributed by atoms with Crippen molar-refractivity contribution in [2.75, 3.05) is 12.8 Å². The van der Waals surface area contributed by atoms with Gasteiger partial charge in [0.1, 0.15) is 5.82 Å².